The van der Waals surface area contributed by atoms with Crippen LogP contribution in [0.4, 0.5) is 40.3 Å². The second-order valence-corrected chi connectivity index (χ2v) is 19.6. The number of azo groups is 1. The Labute approximate surface area is 403 Å². The molecule has 0 fully saturated rings. The van der Waals surface area contributed by atoms with Crippen molar-refractivity contribution in [2.24, 2.45) is 10.2 Å². The fraction of sp³-hybridized carbons (Fsp3) is 0.196. The van der Waals surface area contributed by atoms with Crippen molar-refractivity contribution in [2.45, 2.75) is 35.5 Å². The van der Waals surface area contributed by atoms with E-state index >= 15 is 0 Å². The Morgan fingerprint density at radius 1 is 0.657 bits per heavy atom. The summed E-state index contributed by atoms with van der Waals surface area (Å²) in [5.41, 5.74) is 4.02. The van der Waals surface area contributed by atoms with Crippen LogP contribution in [0, 0.1) is 20.8 Å². The van der Waals surface area contributed by atoms with Crippen LogP contribution in [0.15, 0.2) is 116 Å². The molecule has 0 spiro atoms. The van der Waals surface area contributed by atoms with Crippen LogP contribution in [0.2, 0.25) is 0 Å². The van der Waals surface area contributed by atoms with Gasteiger partial charge in [0.25, 0.3) is 30.4 Å². The molecule has 24 heteroatoms. The Hall–Kier alpha value is -7.16. The predicted molar refractivity (Wildman–Crippen MR) is 268 cm³/mol. The van der Waals surface area contributed by atoms with Gasteiger partial charge >= 0.3 is 0 Å². The predicted octanol–water partition coefficient (Wildman–Crippen LogP) is 7.44. The summed E-state index contributed by atoms with van der Waals surface area (Å²) in [7, 11) is -10.2. The number of aliphatic hydroxyl groups excluding tert-OH is 2. The Bertz CT molecular complexity index is 3520. The fourth-order valence-corrected chi connectivity index (χ4v) is 9.36. The molecule has 7 rings (SSSR count). The molecule has 21 nitrogen and oxygen atoms in total. The third kappa shape index (κ3) is 12.3. The molecule has 1 aromatic heterocycles. The minimum Gasteiger partial charge on any atom is -0.505 e. The van der Waals surface area contributed by atoms with Gasteiger partial charge in [-0.1, -0.05) is 54.6 Å². The van der Waals surface area contributed by atoms with E-state index in [1.165, 1.54) is 29.2 Å². The smallest absolute Gasteiger partial charge is 0.297 e. The van der Waals surface area contributed by atoms with E-state index in [9.17, 15) is 54.2 Å². The van der Waals surface area contributed by atoms with Gasteiger partial charge in [-0.2, -0.15) is 40.2 Å². The van der Waals surface area contributed by atoms with Gasteiger partial charge in [-0.3, -0.25) is 13.7 Å². The molecule has 368 valence electrons. The number of nitrogens with one attached hydrogen (secondary N) is 3. The highest BCUT2D eigenvalue weighted by Crippen LogP contribution is 2.44. The Morgan fingerprint density at radius 2 is 1.30 bits per heavy atom. The normalized spacial score (nSPS) is 12.1. The molecule has 0 amide bonds. The van der Waals surface area contributed by atoms with Crippen LogP contribution in [0.3, 0.4) is 0 Å². The number of aromatic hydroxyl groups is 1. The summed E-state index contributed by atoms with van der Waals surface area (Å²) in [5, 5.41) is 48.3. The van der Waals surface area contributed by atoms with E-state index < -0.39 is 45.9 Å². The molecule has 0 aliphatic heterocycles. The number of anilines is 5. The SMILES string of the molecule is CNc1ccc(/C=C/c2ccc(NC)cc2S(=O)(=O)O)c(C)c1.Cc1nc(Nc2cc(S(=O)(=O)O)cc3cc(C)c(N=Nc4ccc5ccccc5c4S(=O)(=O)O)c(O)c23)nc(N(CCO)CCO)n1. The van der Waals surface area contributed by atoms with Crippen molar-refractivity contribution in [1.82, 2.24) is 15.0 Å². The minimum atomic E-state index is -4.76. The minimum absolute atomic E-state index is 0.0210. The van der Waals surface area contributed by atoms with E-state index in [1.54, 1.807) is 63.4 Å². The first-order valence-corrected chi connectivity index (χ1v) is 25.3. The Kier molecular flexibility index (Phi) is 16.1. The zero-order valence-electron chi connectivity index (χ0n) is 38.2. The van der Waals surface area contributed by atoms with Gasteiger partial charge in [0.05, 0.1) is 23.8 Å². The number of benzene rings is 6. The van der Waals surface area contributed by atoms with Gasteiger partial charge in [-0.15, -0.1) is 10.2 Å². The van der Waals surface area contributed by atoms with Crippen molar-refractivity contribution in [2.75, 3.05) is 61.2 Å². The van der Waals surface area contributed by atoms with Gasteiger partial charge in [0, 0.05) is 49.3 Å². The van der Waals surface area contributed by atoms with Gasteiger partial charge in [0.15, 0.2) is 5.75 Å². The van der Waals surface area contributed by atoms with Crippen molar-refractivity contribution in [3.8, 4) is 5.75 Å². The Balaban J connectivity index is 0.000000292. The van der Waals surface area contributed by atoms with E-state index in [4.69, 9.17) is 0 Å². The third-order valence-corrected chi connectivity index (χ3v) is 13.3. The number of aromatic nitrogens is 3. The van der Waals surface area contributed by atoms with Crippen molar-refractivity contribution in [1.29, 1.82) is 0 Å². The summed E-state index contributed by atoms with van der Waals surface area (Å²) >= 11 is 0. The first-order chi connectivity index (χ1) is 33.1. The maximum Gasteiger partial charge on any atom is 0.297 e. The maximum absolute atomic E-state index is 12.4. The van der Waals surface area contributed by atoms with E-state index in [1.807, 2.05) is 38.2 Å². The lowest BCUT2D eigenvalue weighted by molar-refractivity contribution is 0.280. The van der Waals surface area contributed by atoms with Crippen molar-refractivity contribution >= 4 is 104 Å². The van der Waals surface area contributed by atoms with Crippen LogP contribution in [-0.4, -0.2) is 110 Å². The summed E-state index contributed by atoms with van der Waals surface area (Å²) in [5.74, 6) is -0.263. The number of fused-ring (bicyclic) bond motifs is 2. The van der Waals surface area contributed by atoms with Crippen LogP contribution in [0.25, 0.3) is 33.7 Å². The molecule has 0 saturated heterocycles. The van der Waals surface area contributed by atoms with Gasteiger partial charge < -0.3 is 36.2 Å². The summed E-state index contributed by atoms with van der Waals surface area (Å²) in [4.78, 5) is 13.2. The second kappa shape index (κ2) is 21.6. The van der Waals surface area contributed by atoms with E-state index in [0.717, 1.165) is 28.9 Å². The number of hydrogen-bond donors (Lipinski definition) is 9. The number of aryl methyl sites for hydroxylation is 3. The van der Waals surface area contributed by atoms with Gasteiger partial charge in [-0.25, -0.2) is 0 Å². The topological polar surface area (TPSA) is 327 Å². The molecule has 0 atom stereocenters. The van der Waals surface area contributed by atoms with E-state index in [2.05, 4.69) is 41.1 Å². The average molecular weight is 1020 g/mol. The largest absolute Gasteiger partial charge is 0.505 e. The summed E-state index contributed by atoms with van der Waals surface area (Å²) in [6, 6.07) is 23.8. The summed E-state index contributed by atoms with van der Waals surface area (Å²) < 4.78 is 102. The van der Waals surface area contributed by atoms with Crippen molar-refractivity contribution in [3.63, 3.8) is 0 Å². The molecule has 70 heavy (non-hydrogen) atoms. The van der Waals surface area contributed by atoms with E-state index in [0.29, 0.717) is 22.2 Å². The number of aliphatic hydroxyl groups is 2. The van der Waals surface area contributed by atoms with Gasteiger partial charge in [0.2, 0.25) is 11.9 Å². The molecule has 0 aliphatic carbocycles. The first-order valence-electron chi connectivity index (χ1n) is 21.0. The van der Waals surface area contributed by atoms with Crippen LogP contribution < -0.4 is 20.9 Å². The third-order valence-electron chi connectivity index (χ3n) is 10.6. The molecular weight excluding hydrogens is 967 g/mol. The average Bonchev–Trinajstić information content (AvgIpc) is 3.29. The number of phenols is 1. The van der Waals surface area contributed by atoms with E-state index in [-0.39, 0.29) is 82.1 Å². The van der Waals surface area contributed by atoms with Crippen LogP contribution in [-0.2, 0) is 30.4 Å². The second-order valence-electron chi connectivity index (χ2n) is 15.4. The number of nitrogens with zero attached hydrogens (tertiary/aromatic N) is 6. The van der Waals surface area contributed by atoms with Crippen LogP contribution in [0.5, 0.6) is 5.75 Å². The molecule has 0 aliphatic rings. The molecule has 6 aromatic carbocycles. The van der Waals surface area contributed by atoms with Gasteiger partial charge in [-0.05, 0) is 102 Å². The fourth-order valence-electron chi connectivity index (χ4n) is 7.27. The monoisotopic (exact) mass is 1020 g/mol. The summed E-state index contributed by atoms with van der Waals surface area (Å²) in [6.07, 6.45) is 3.52. The standard InChI is InChI=1S/C29H29N7O9S2.C17H20N2O3S/c1-16-13-19-14-20(46(40,41)42)15-23(32-28-30-17(2)31-29(33-28)36(9-11-37)10-12-38)24(19)26(39)25(16)35-34-22-8-7-18-5-3-4-6-21(18)27(22)47(43,44)45;1-12-10-15(18-2)8-6-13(12)4-5-14-7-9-16(19-3)11-17(14)23(20,21)22/h3-8,13-15,37-39H,9-12H2,1-2H3,(H,40,41,42)(H,43,44,45)(H,30,31,32,33);4-11,18-19H,1-3H3,(H,20,21,22)/b;5-4+. The molecule has 1 heterocycles. The number of hydrogen-bond acceptors (Lipinski definition) is 18. The van der Waals surface area contributed by atoms with Crippen molar-refractivity contribution in [3.05, 3.63) is 119 Å². The molecule has 0 saturated carbocycles. The summed E-state index contributed by atoms with van der Waals surface area (Å²) in [6.45, 7) is 4.75. The Morgan fingerprint density at radius 3 is 1.91 bits per heavy atom. The molecule has 9 N–H and O–H groups in total. The maximum atomic E-state index is 12.4. The van der Waals surface area contributed by atoms with Crippen LogP contribution in [0.1, 0.15) is 28.1 Å². The van der Waals surface area contributed by atoms with Crippen LogP contribution >= 0.6 is 0 Å². The number of rotatable bonds is 16. The molecular formula is C46H49N9O12S3. The molecule has 0 radical (unpaired) electrons. The highest BCUT2D eigenvalue weighted by Gasteiger charge is 2.23. The molecule has 0 unspecified atom stereocenters. The van der Waals surface area contributed by atoms with Gasteiger partial charge in [0.1, 0.15) is 27.0 Å². The molecule has 0 bridgehead atoms. The quantitative estimate of drug-likeness (QED) is 0.0258. The van der Waals surface area contributed by atoms with Crippen molar-refractivity contribution < 1.29 is 54.2 Å². The lowest BCUT2D eigenvalue weighted by atomic mass is 10.0. The molecule has 7 aromatic rings. The zero-order chi connectivity index (χ0) is 51.1. The first kappa shape index (κ1) is 52.2. The highest BCUT2D eigenvalue weighted by molar-refractivity contribution is 7.86. The number of phenolic OH excluding ortho intramolecular Hbond substituents is 1. The lowest BCUT2D eigenvalue weighted by Gasteiger charge is -2.21. The highest BCUT2D eigenvalue weighted by atomic mass is 32.2. The zero-order valence-corrected chi connectivity index (χ0v) is 40.6. The lowest BCUT2D eigenvalue weighted by Crippen LogP contribution is -2.31.